The highest BCUT2D eigenvalue weighted by molar-refractivity contribution is 7.99. The Hall–Kier alpha value is -3.20. The molecule has 0 aromatic heterocycles. The molecule has 0 aliphatic rings. The molecule has 0 saturated carbocycles. The molecule has 1 N–H and O–H groups in total. The average Bonchev–Trinajstić information content (AvgIpc) is 2.90. The summed E-state index contributed by atoms with van der Waals surface area (Å²) in [7, 11) is -2.21. The monoisotopic (exact) mass is 520 g/mol. The maximum atomic E-state index is 13.0. The lowest BCUT2D eigenvalue weighted by Crippen LogP contribution is -2.26. The van der Waals surface area contributed by atoms with Gasteiger partial charge < -0.3 is 5.32 Å². The van der Waals surface area contributed by atoms with Gasteiger partial charge in [0.05, 0.1) is 16.3 Å². The molecule has 35 heavy (non-hydrogen) atoms. The summed E-state index contributed by atoms with van der Waals surface area (Å²) in [5.74, 6) is -0.268. The van der Waals surface area contributed by atoms with Crippen molar-refractivity contribution in [3.8, 4) is 0 Å². The number of sulfonamides is 1. The molecule has 1 amide bonds. The molecule has 0 atom stereocenters. The van der Waals surface area contributed by atoms with E-state index in [9.17, 15) is 13.2 Å². The normalized spacial score (nSPS) is 11.1. The second-order valence-electron chi connectivity index (χ2n) is 7.56. The summed E-state index contributed by atoms with van der Waals surface area (Å²) in [5.41, 5.74) is 1.61. The fourth-order valence-corrected chi connectivity index (χ4v) is 5.86. The highest BCUT2D eigenvalue weighted by Crippen LogP contribution is 2.33. The first-order valence-electron chi connectivity index (χ1n) is 10.7. The number of rotatable bonds is 8. The predicted octanol–water partition coefficient (Wildman–Crippen LogP) is 6.64. The van der Waals surface area contributed by atoms with Crippen LogP contribution >= 0.6 is 23.5 Å². The second kappa shape index (κ2) is 11.0. The lowest BCUT2D eigenvalue weighted by atomic mass is 10.2. The maximum Gasteiger partial charge on any atom is 0.264 e. The van der Waals surface area contributed by atoms with Gasteiger partial charge in [-0.3, -0.25) is 9.10 Å². The summed E-state index contributed by atoms with van der Waals surface area (Å²) < 4.78 is 27.3. The van der Waals surface area contributed by atoms with E-state index in [2.05, 4.69) is 5.32 Å². The molecule has 4 rings (SSSR count). The van der Waals surface area contributed by atoms with Crippen LogP contribution in [0.1, 0.15) is 10.4 Å². The SMILES string of the molecule is CSc1ccc(S(=O)(=O)N(C)c2ccc(C(=O)Nc3ccccc3Sc3ccccc3)cc2)cc1. The Bertz CT molecular complexity index is 1410. The van der Waals surface area contributed by atoms with Crippen molar-refractivity contribution in [1.29, 1.82) is 0 Å². The summed E-state index contributed by atoms with van der Waals surface area (Å²) in [6.45, 7) is 0. The van der Waals surface area contributed by atoms with Gasteiger partial charge >= 0.3 is 0 Å². The molecule has 0 saturated heterocycles. The average molecular weight is 521 g/mol. The third-order valence-electron chi connectivity index (χ3n) is 5.32. The molecule has 4 aromatic carbocycles. The first kappa shape index (κ1) is 24.9. The minimum Gasteiger partial charge on any atom is -0.321 e. The Balaban J connectivity index is 1.49. The number of anilines is 2. The van der Waals surface area contributed by atoms with E-state index < -0.39 is 10.0 Å². The van der Waals surface area contributed by atoms with E-state index in [0.717, 1.165) is 14.7 Å². The minimum absolute atomic E-state index is 0.215. The first-order valence-corrected chi connectivity index (χ1v) is 14.2. The Kier molecular flexibility index (Phi) is 7.85. The zero-order valence-corrected chi connectivity index (χ0v) is 21.7. The quantitative estimate of drug-likeness (QED) is 0.264. The Morgan fingerprint density at radius 1 is 0.771 bits per heavy atom. The van der Waals surface area contributed by atoms with Crippen LogP contribution in [0.5, 0.6) is 0 Å². The molecule has 0 spiro atoms. The van der Waals surface area contributed by atoms with E-state index in [1.165, 1.54) is 11.4 Å². The van der Waals surface area contributed by atoms with Gasteiger partial charge in [-0.1, -0.05) is 42.1 Å². The largest absolute Gasteiger partial charge is 0.321 e. The number of hydrogen-bond donors (Lipinski definition) is 1. The van der Waals surface area contributed by atoms with E-state index in [1.54, 1.807) is 72.1 Å². The van der Waals surface area contributed by atoms with E-state index >= 15 is 0 Å². The molecular formula is C27H24N2O3S3. The number of nitrogens with one attached hydrogen (secondary N) is 1. The number of carbonyl (C=O) groups is 1. The molecule has 0 bridgehead atoms. The third kappa shape index (κ3) is 5.90. The van der Waals surface area contributed by atoms with Gasteiger partial charge in [-0.15, -0.1) is 11.8 Å². The summed E-state index contributed by atoms with van der Waals surface area (Å²) in [6.07, 6.45) is 1.94. The molecule has 0 fully saturated rings. The van der Waals surface area contributed by atoms with Crippen LogP contribution in [0.2, 0.25) is 0 Å². The summed E-state index contributed by atoms with van der Waals surface area (Å²) in [5, 5.41) is 2.97. The Labute approximate surface area is 214 Å². The van der Waals surface area contributed by atoms with Crippen LogP contribution < -0.4 is 9.62 Å². The maximum absolute atomic E-state index is 13.0. The van der Waals surface area contributed by atoms with Crippen LogP contribution in [0.3, 0.4) is 0 Å². The zero-order valence-electron chi connectivity index (χ0n) is 19.2. The molecule has 0 aliphatic carbocycles. The molecule has 0 heterocycles. The number of para-hydroxylation sites is 1. The van der Waals surface area contributed by atoms with Crippen molar-refractivity contribution >= 4 is 50.8 Å². The van der Waals surface area contributed by atoms with Crippen molar-refractivity contribution in [1.82, 2.24) is 0 Å². The predicted molar refractivity (Wildman–Crippen MR) is 145 cm³/mol. The van der Waals surface area contributed by atoms with Crippen molar-refractivity contribution < 1.29 is 13.2 Å². The van der Waals surface area contributed by atoms with E-state index in [0.29, 0.717) is 16.9 Å². The molecule has 8 heteroatoms. The summed E-state index contributed by atoms with van der Waals surface area (Å²) in [6, 6.07) is 30.9. The molecule has 178 valence electrons. The van der Waals surface area contributed by atoms with Crippen molar-refractivity contribution in [2.75, 3.05) is 22.9 Å². The number of amides is 1. The van der Waals surface area contributed by atoms with Crippen molar-refractivity contribution in [3.63, 3.8) is 0 Å². The standard InChI is InChI=1S/C27H24N2O3S3/c1-29(35(31,32)24-18-16-22(33-2)17-19-24)21-14-12-20(13-15-21)27(30)28-25-10-6-7-11-26(25)34-23-8-4-3-5-9-23/h3-19H,1-2H3,(H,28,30). The van der Waals surface area contributed by atoms with Crippen LogP contribution in [0.4, 0.5) is 11.4 Å². The van der Waals surface area contributed by atoms with Gasteiger partial charge in [-0.05, 0) is 79.1 Å². The minimum atomic E-state index is -3.71. The van der Waals surface area contributed by atoms with Crippen molar-refractivity contribution in [2.45, 2.75) is 19.6 Å². The number of thioether (sulfide) groups is 1. The number of carbonyl (C=O) groups excluding carboxylic acids is 1. The van der Waals surface area contributed by atoms with Gasteiger partial charge in [0, 0.05) is 27.3 Å². The lowest BCUT2D eigenvalue weighted by Gasteiger charge is -2.20. The summed E-state index contributed by atoms with van der Waals surface area (Å²) in [4.78, 5) is 16.1. The van der Waals surface area contributed by atoms with Crippen LogP contribution in [0.15, 0.2) is 123 Å². The van der Waals surface area contributed by atoms with Crippen LogP contribution in [-0.2, 0) is 10.0 Å². The number of hydrogen-bond acceptors (Lipinski definition) is 5. The highest BCUT2D eigenvalue weighted by Gasteiger charge is 2.21. The van der Waals surface area contributed by atoms with Gasteiger partial charge in [0.15, 0.2) is 0 Å². The fourth-order valence-electron chi connectivity index (χ4n) is 3.34. The van der Waals surface area contributed by atoms with Gasteiger partial charge in [0.2, 0.25) is 0 Å². The smallest absolute Gasteiger partial charge is 0.264 e. The molecule has 4 aromatic rings. The van der Waals surface area contributed by atoms with Gasteiger partial charge in [-0.25, -0.2) is 8.42 Å². The molecule has 0 unspecified atom stereocenters. The second-order valence-corrected chi connectivity index (χ2v) is 11.5. The van der Waals surface area contributed by atoms with Crippen molar-refractivity contribution in [3.05, 3.63) is 109 Å². The molecule has 0 aliphatic heterocycles. The molecular weight excluding hydrogens is 497 g/mol. The lowest BCUT2D eigenvalue weighted by molar-refractivity contribution is 0.102. The topological polar surface area (TPSA) is 66.5 Å². The fraction of sp³-hybridized carbons (Fsp3) is 0.0741. The summed E-state index contributed by atoms with van der Waals surface area (Å²) >= 11 is 3.12. The van der Waals surface area contributed by atoms with Crippen LogP contribution in [0.25, 0.3) is 0 Å². The van der Waals surface area contributed by atoms with Gasteiger partial charge in [0.25, 0.3) is 15.9 Å². The van der Waals surface area contributed by atoms with E-state index in [1.807, 2.05) is 60.9 Å². The van der Waals surface area contributed by atoms with Crippen LogP contribution in [-0.4, -0.2) is 27.6 Å². The molecule has 5 nitrogen and oxygen atoms in total. The highest BCUT2D eigenvalue weighted by atomic mass is 32.2. The van der Waals surface area contributed by atoms with E-state index in [4.69, 9.17) is 0 Å². The Morgan fingerprint density at radius 2 is 1.40 bits per heavy atom. The number of benzene rings is 4. The van der Waals surface area contributed by atoms with E-state index in [-0.39, 0.29) is 10.8 Å². The van der Waals surface area contributed by atoms with Gasteiger partial charge in [0.1, 0.15) is 0 Å². The zero-order chi connectivity index (χ0) is 24.8. The van der Waals surface area contributed by atoms with Crippen LogP contribution in [0, 0.1) is 0 Å². The third-order valence-corrected chi connectivity index (χ3v) is 8.94. The molecule has 0 radical (unpaired) electrons. The first-order chi connectivity index (χ1) is 16.9. The van der Waals surface area contributed by atoms with Gasteiger partial charge in [-0.2, -0.15) is 0 Å². The Morgan fingerprint density at radius 3 is 2.06 bits per heavy atom. The number of nitrogens with zero attached hydrogens (tertiary/aromatic N) is 1. The van der Waals surface area contributed by atoms with Crippen molar-refractivity contribution in [2.24, 2.45) is 0 Å².